The molecule has 1 aromatic carbocycles. The first kappa shape index (κ1) is 16.2. The van der Waals surface area contributed by atoms with Crippen LogP contribution in [0.5, 0.6) is 0 Å². The van der Waals surface area contributed by atoms with Crippen molar-refractivity contribution in [2.24, 2.45) is 0 Å². The Balaban J connectivity index is 1.77. The van der Waals surface area contributed by atoms with Crippen molar-refractivity contribution >= 4 is 5.91 Å². The minimum absolute atomic E-state index is 0.0376. The number of H-pyrrole nitrogens is 1. The van der Waals surface area contributed by atoms with Crippen molar-refractivity contribution in [1.29, 1.82) is 0 Å². The SMILES string of the molecule is CC(C)(Cc1ccc(F)cc1)NC(=O)CCCc1cn[nH]c1. The van der Waals surface area contributed by atoms with Gasteiger partial charge in [0.1, 0.15) is 5.82 Å². The zero-order valence-electron chi connectivity index (χ0n) is 13.0. The molecule has 0 unspecified atom stereocenters. The maximum Gasteiger partial charge on any atom is 0.220 e. The molecule has 0 aliphatic heterocycles. The van der Waals surface area contributed by atoms with Crippen molar-refractivity contribution in [2.75, 3.05) is 0 Å². The Morgan fingerprint density at radius 3 is 2.64 bits per heavy atom. The lowest BCUT2D eigenvalue weighted by Gasteiger charge is -2.26. The van der Waals surface area contributed by atoms with Gasteiger partial charge >= 0.3 is 0 Å². The van der Waals surface area contributed by atoms with Crippen LogP contribution in [0.1, 0.15) is 37.8 Å². The first-order valence-electron chi connectivity index (χ1n) is 7.48. The second-order valence-electron chi connectivity index (χ2n) is 6.20. The standard InChI is InChI=1S/C17H22FN3O/c1-17(2,10-13-6-8-15(18)9-7-13)21-16(22)5-3-4-14-11-19-20-12-14/h6-9,11-12H,3-5,10H2,1-2H3,(H,19,20)(H,21,22). The molecular weight excluding hydrogens is 281 g/mol. The highest BCUT2D eigenvalue weighted by Gasteiger charge is 2.20. The molecule has 1 amide bonds. The van der Waals surface area contributed by atoms with E-state index in [4.69, 9.17) is 0 Å². The largest absolute Gasteiger partial charge is 0.351 e. The number of rotatable bonds is 7. The number of aromatic amines is 1. The Morgan fingerprint density at radius 2 is 2.00 bits per heavy atom. The molecule has 4 nitrogen and oxygen atoms in total. The van der Waals surface area contributed by atoms with E-state index in [0.29, 0.717) is 12.8 Å². The summed E-state index contributed by atoms with van der Waals surface area (Å²) in [7, 11) is 0. The van der Waals surface area contributed by atoms with Crippen LogP contribution in [0.4, 0.5) is 4.39 Å². The molecule has 0 fully saturated rings. The number of hydrogen-bond acceptors (Lipinski definition) is 2. The van der Waals surface area contributed by atoms with Gasteiger partial charge in [0, 0.05) is 18.2 Å². The number of carbonyl (C=O) groups excluding carboxylic acids is 1. The third-order valence-electron chi connectivity index (χ3n) is 3.46. The maximum atomic E-state index is 12.9. The fourth-order valence-corrected chi connectivity index (χ4v) is 2.46. The van der Waals surface area contributed by atoms with Crippen LogP contribution in [0.25, 0.3) is 0 Å². The summed E-state index contributed by atoms with van der Waals surface area (Å²) in [5.41, 5.74) is 1.76. The molecule has 0 spiro atoms. The van der Waals surface area contributed by atoms with Gasteiger partial charge in [0.2, 0.25) is 5.91 Å². The molecule has 1 heterocycles. The van der Waals surface area contributed by atoms with Crippen LogP contribution in [0.2, 0.25) is 0 Å². The van der Waals surface area contributed by atoms with Gasteiger partial charge in [0.05, 0.1) is 6.20 Å². The van der Waals surface area contributed by atoms with Gasteiger partial charge in [-0.1, -0.05) is 12.1 Å². The number of benzene rings is 1. The van der Waals surface area contributed by atoms with Crippen molar-refractivity contribution in [3.8, 4) is 0 Å². The number of hydrogen-bond donors (Lipinski definition) is 2. The van der Waals surface area contributed by atoms with E-state index in [1.807, 2.05) is 20.0 Å². The molecule has 118 valence electrons. The molecular formula is C17H22FN3O. The molecule has 0 bridgehead atoms. The van der Waals surface area contributed by atoms with Gasteiger partial charge in [-0.15, -0.1) is 0 Å². The Bertz CT molecular complexity index is 591. The van der Waals surface area contributed by atoms with E-state index in [1.54, 1.807) is 18.3 Å². The highest BCUT2D eigenvalue weighted by atomic mass is 19.1. The fraction of sp³-hybridized carbons (Fsp3) is 0.412. The lowest BCUT2D eigenvalue weighted by atomic mass is 9.94. The van der Waals surface area contributed by atoms with Gasteiger partial charge in [-0.05, 0) is 56.4 Å². The van der Waals surface area contributed by atoms with Crippen molar-refractivity contribution < 1.29 is 9.18 Å². The summed E-state index contributed by atoms with van der Waals surface area (Å²) >= 11 is 0. The average Bonchev–Trinajstić information content (AvgIpc) is 2.93. The minimum Gasteiger partial charge on any atom is -0.351 e. The summed E-state index contributed by atoms with van der Waals surface area (Å²) in [6, 6.07) is 6.39. The molecule has 2 N–H and O–H groups in total. The highest BCUT2D eigenvalue weighted by Crippen LogP contribution is 2.14. The maximum absolute atomic E-state index is 12.9. The smallest absolute Gasteiger partial charge is 0.220 e. The summed E-state index contributed by atoms with van der Waals surface area (Å²) in [6.07, 6.45) is 6.39. The van der Waals surface area contributed by atoms with E-state index in [1.165, 1.54) is 12.1 Å². The summed E-state index contributed by atoms with van der Waals surface area (Å²) in [5, 5.41) is 9.68. The average molecular weight is 303 g/mol. The van der Waals surface area contributed by atoms with Gasteiger partial charge in [-0.25, -0.2) is 4.39 Å². The molecule has 0 aliphatic carbocycles. The number of aryl methyl sites for hydroxylation is 1. The minimum atomic E-state index is -0.357. The van der Waals surface area contributed by atoms with Crippen molar-refractivity contribution in [1.82, 2.24) is 15.5 Å². The van der Waals surface area contributed by atoms with Gasteiger partial charge in [0.25, 0.3) is 0 Å². The summed E-state index contributed by atoms with van der Waals surface area (Å²) in [6.45, 7) is 3.95. The van der Waals surface area contributed by atoms with Gasteiger partial charge in [-0.3, -0.25) is 9.89 Å². The number of carbonyl (C=O) groups is 1. The van der Waals surface area contributed by atoms with Gasteiger partial charge in [-0.2, -0.15) is 5.10 Å². The van der Waals surface area contributed by atoms with Crippen LogP contribution in [0.3, 0.4) is 0 Å². The molecule has 0 atom stereocenters. The summed E-state index contributed by atoms with van der Waals surface area (Å²) in [5.74, 6) is -0.208. The Labute approximate surface area is 130 Å². The summed E-state index contributed by atoms with van der Waals surface area (Å²) < 4.78 is 12.9. The molecule has 0 aliphatic rings. The highest BCUT2D eigenvalue weighted by molar-refractivity contribution is 5.76. The lowest BCUT2D eigenvalue weighted by Crippen LogP contribution is -2.45. The summed E-state index contributed by atoms with van der Waals surface area (Å²) in [4.78, 5) is 12.0. The quantitative estimate of drug-likeness (QED) is 0.826. The van der Waals surface area contributed by atoms with E-state index in [2.05, 4.69) is 15.5 Å². The monoisotopic (exact) mass is 303 g/mol. The van der Waals surface area contributed by atoms with E-state index < -0.39 is 0 Å². The normalized spacial score (nSPS) is 11.4. The molecule has 1 aromatic heterocycles. The van der Waals surface area contributed by atoms with Crippen LogP contribution in [-0.2, 0) is 17.6 Å². The third-order valence-corrected chi connectivity index (χ3v) is 3.46. The van der Waals surface area contributed by atoms with Crippen molar-refractivity contribution in [3.63, 3.8) is 0 Å². The fourth-order valence-electron chi connectivity index (χ4n) is 2.46. The third kappa shape index (κ3) is 5.31. The van der Waals surface area contributed by atoms with Crippen LogP contribution in [0.15, 0.2) is 36.7 Å². The Hall–Kier alpha value is -2.17. The first-order chi connectivity index (χ1) is 10.4. The molecule has 0 radical (unpaired) electrons. The lowest BCUT2D eigenvalue weighted by molar-refractivity contribution is -0.122. The number of aromatic nitrogens is 2. The molecule has 0 saturated carbocycles. The molecule has 2 aromatic rings. The second-order valence-corrected chi connectivity index (χ2v) is 6.20. The number of nitrogens with zero attached hydrogens (tertiary/aromatic N) is 1. The predicted octanol–water partition coefficient (Wildman–Crippen LogP) is 3.01. The number of amides is 1. The van der Waals surface area contributed by atoms with Gasteiger partial charge < -0.3 is 5.32 Å². The van der Waals surface area contributed by atoms with Crippen LogP contribution >= 0.6 is 0 Å². The first-order valence-corrected chi connectivity index (χ1v) is 7.48. The zero-order chi connectivity index (χ0) is 16.0. The Kier molecular flexibility index (Phi) is 5.31. The van der Waals surface area contributed by atoms with Crippen molar-refractivity contribution in [3.05, 3.63) is 53.6 Å². The number of halogens is 1. The van der Waals surface area contributed by atoms with Crippen LogP contribution < -0.4 is 5.32 Å². The van der Waals surface area contributed by atoms with Gasteiger partial charge in [0.15, 0.2) is 0 Å². The zero-order valence-corrected chi connectivity index (χ0v) is 13.0. The van der Waals surface area contributed by atoms with E-state index in [0.717, 1.165) is 24.0 Å². The second kappa shape index (κ2) is 7.20. The Morgan fingerprint density at radius 1 is 1.27 bits per heavy atom. The molecule has 2 rings (SSSR count). The predicted molar refractivity (Wildman–Crippen MR) is 83.9 cm³/mol. The van der Waals surface area contributed by atoms with E-state index >= 15 is 0 Å². The van der Waals surface area contributed by atoms with E-state index in [9.17, 15) is 9.18 Å². The number of nitrogens with one attached hydrogen (secondary N) is 2. The topological polar surface area (TPSA) is 57.8 Å². The molecule has 5 heteroatoms. The van der Waals surface area contributed by atoms with Crippen LogP contribution in [-0.4, -0.2) is 21.6 Å². The molecule has 22 heavy (non-hydrogen) atoms. The van der Waals surface area contributed by atoms with Crippen molar-refractivity contribution in [2.45, 2.75) is 45.1 Å². The van der Waals surface area contributed by atoms with E-state index in [-0.39, 0.29) is 17.3 Å². The molecule has 0 saturated heterocycles. The van der Waals surface area contributed by atoms with Crippen LogP contribution in [0, 0.1) is 5.82 Å².